The molecule has 3 nitrogen and oxygen atoms in total. The smallest absolute Gasteiger partial charge is 0.410 e. The highest BCUT2D eigenvalue weighted by Gasteiger charge is 2.29. The molecule has 1 fully saturated rings. The maximum atomic E-state index is 11.4. The third-order valence-electron chi connectivity index (χ3n) is 2.82. The number of hydrogen-bond acceptors (Lipinski definition) is 2. The summed E-state index contributed by atoms with van der Waals surface area (Å²) in [4.78, 5) is 13.2. The van der Waals surface area contributed by atoms with Gasteiger partial charge in [-0.2, -0.15) is 0 Å². The van der Waals surface area contributed by atoms with Crippen molar-refractivity contribution in [3.63, 3.8) is 0 Å². The average molecular weight is 235 g/mol. The minimum Gasteiger partial charge on any atom is -0.447 e. The Kier molecular flexibility index (Phi) is 5.01. The Morgan fingerprint density at radius 3 is 2.53 bits per heavy atom. The summed E-state index contributed by atoms with van der Waals surface area (Å²) in [5.74, 6) is 0. The molecule has 1 aliphatic heterocycles. The number of ether oxygens (including phenoxy) is 1. The number of aryl methyl sites for hydroxylation is 1. The maximum Gasteiger partial charge on any atom is 0.410 e. The first-order valence-corrected chi connectivity index (χ1v) is 6.16. The van der Waals surface area contributed by atoms with Gasteiger partial charge in [-0.3, -0.25) is 4.90 Å². The molecule has 0 radical (unpaired) electrons. The fourth-order valence-corrected chi connectivity index (χ4v) is 1.74. The van der Waals surface area contributed by atoms with E-state index in [9.17, 15) is 4.79 Å². The fourth-order valence-electron chi connectivity index (χ4n) is 1.74. The largest absolute Gasteiger partial charge is 0.447 e. The molecule has 0 saturated carbocycles. The lowest BCUT2D eigenvalue weighted by molar-refractivity contribution is 0.156. The molecular formula is C14H21NO2. The van der Waals surface area contributed by atoms with Gasteiger partial charge < -0.3 is 4.74 Å². The van der Waals surface area contributed by atoms with Gasteiger partial charge in [0.15, 0.2) is 0 Å². The predicted octanol–water partition coefficient (Wildman–Crippen LogP) is 3.36. The van der Waals surface area contributed by atoms with Crippen LogP contribution in [0.2, 0.25) is 0 Å². The van der Waals surface area contributed by atoms with Gasteiger partial charge in [-0.05, 0) is 25.0 Å². The summed E-state index contributed by atoms with van der Waals surface area (Å²) in [5, 5.41) is 0. The topological polar surface area (TPSA) is 29.5 Å². The zero-order valence-electron chi connectivity index (χ0n) is 11.1. The third kappa shape index (κ3) is 3.22. The van der Waals surface area contributed by atoms with Crippen molar-refractivity contribution in [1.29, 1.82) is 0 Å². The van der Waals surface area contributed by atoms with Crippen LogP contribution in [0.15, 0.2) is 24.3 Å². The van der Waals surface area contributed by atoms with E-state index >= 15 is 0 Å². The van der Waals surface area contributed by atoms with Crippen molar-refractivity contribution in [2.24, 2.45) is 0 Å². The Hall–Kier alpha value is -1.51. The molecule has 0 spiro atoms. The molecule has 1 aromatic carbocycles. The molecule has 1 saturated heterocycles. The van der Waals surface area contributed by atoms with Crippen molar-refractivity contribution in [2.45, 2.75) is 40.3 Å². The molecule has 3 heteroatoms. The van der Waals surface area contributed by atoms with E-state index in [1.807, 2.05) is 39.0 Å². The molecule has 1 aliphatic rings. The Bertz CT molecular complexity index is 376. The van der Waals surface area contributed by atoms with E-state index in [0.717, 1.165) is 0 Å². The van der Waals surface area contributed by atoms with Crippen LogP contribution in [0.25, 0.3) is 0 Å². The summed E-state index contributed by atoms with van der Waals surface area (Å²) in [5.41, 5.74) is 2.40. The summed E-state index contributed by atoms with van der Waals surface area (Å²) in [6.07, 6.45) is -0.203. The molecule has 1 amide bonds. The van der Waals surface area contributed by atoms with Gasteiger partial charge in [0.25, 0.3) is 0 Å². The Labute approximate surface area is 103 Å². The van der Waals surface area contributed by atoms with Gasteiger partial charge in [0.1, 0.15) is 6.61 Å². The number of carbonyl (C=O) groups excluding carboxylic acids is 1. The Balaban J connectivity index is 0.000000686. The summed E-state index contributed by atoms with van der Waals surface area (Å²) < 4.78 is 4.98. The number of nitrogens with zero attached hydrogens (tertiary/aromatic N) is 1. The second-order valence-electron chi connectivity index (χ2n) is 3.98. The van der Waals surface area contributed by atoms with Crippen LogP contribution in [-0.4, -0.2) is 23.6 Å². The van der Waals surface area contributed by atoms with E-state index in [1.165, 1.54) is 11.1 Å². The summed E-state index contributed by atoms with van der Waals surface area (Å²) in [7, 11) is 0. The van der Waals surface area contributed by atoms with Gasteiger partial charge in [0.05, 0.1) is 6.04 Å². The molecule has 17 heavy (non-hydrogen) atoms. The van der Waals surface area contributed by atoms with E-state index in [-0.39, 0.29) is 12.1 Å². The molecule has 0 aliphatic carbocycles. The van der Waals surface area contributed by atoms with Crippen LogP contribution in [0.3, 0.4) is 0 Å². The Morgan fingerprint density at radius 2 is 2.00 bits per heavy atom. The van der Waals surface area contributed by atoms with Gasteiger partial charge >= 0.3 is 6.09 Å². The van der Waals surface area contributed by atoms with Crippen LogP contribution in [0.4, 0.5) is 4.79 Å². The monoisotopic (exact) mass is 235 g/mol. The first-order chi connectivity index (χ1) is 8.18. The zero-order valence-corrected chi connectivity index (χ0v) is 11.1. The quantitative estimate of drug-likeness (QED) is 0.786. The van der Waals surface area contributed by atoms with Crippen LogP contribution in [-0.2, 0) is 11.3 Å². The minimum absolute atomic E-state index is 0.178. The van der Waals surface area contributed by atoms with Crippen LogP contribution >= 0.6 is 0 Å². The number of hydrogen-bond donors (Lipinski definition) is 0. The van der Waals surface area contributed by atoms with Crippen molar-refractivity contribution in [2.75, 3.05) is 6.61 Å². The second kappa shape index (κ2) is 6.28. The lowest BCUT2D eigenvalue weighted by Crippen LogP contribution is -2.30. The SMILES string of the molecule is CC.Cc1ccccc1CN1C(=O)OCC1C. The van der Waals surface area contributed by atoms with Crippen molar-refractivity contribution < 1.29 is 9.53 Å². The first kappa shape index (κ1) is 13.6. The number of benzene rings is 1. The summed E-state index contributed by atoms with van der Waals surface area (Å²) in [6.45, 7) is 9.21. The van der Waals surface area contributed by atoms with Gasteiger partial charge in [0, 0.05) is 6.54 Å². The summed E-state index contributed by atoms with van der Waals surface area (Å²) >= 11 is 0. The normalized spacial score (nSPS) is 18.5. The van der Waals surface area contributed by atoms with Gasteiger partial charge in [0.2, 0.25) is 0 Å². The van der Waals surface area contributed by atoms with Crippen molar-refractivity contribution in [1.82, 2.24) is 4.90 Å². The van der Waals surface area contributed by atoms with E-state index in [2.05, 4.69) is 13.0 Å². The van der Waals surface area contributed by atoms with Gasteiger partial charge in [-0.25, -0.2) is 4.79 Å². The highest BCUT2D eigenvalue weighted by Crippen LogP contribution is 2.17. The second-order valence-corrected chi connectivity index (χ2v) is 3.98. The molecule has 1 aromatic rings. The molecule has 2 rings (SSSR count). The number of carbonyl (C=O) groups is 1. The van der Waals surface area contributed by atoms with Crippen molar-refractivity contribution in [3.05, 3.63) is 35.4 Å². The summed E-state index contributed by atoms with van der Waals surface area (Å²) in [6, 6.07) is 8.28. The molecule has 0 aromatic heterocycles. The highest BCUT2D eigenvalue weighted by molar-refractivity contribution is 5.70. The number of amides is 1. The van der Waals surface area contributed by atoms with E-state index in [1.54, 1.807) is 4.90 Å². The van der Waals surface area contributed by atoms with Crippen LogP contribution in [0.1, 0.15) is 31.9 Å². The molecule has 0 N–H and O–H groups in total. The molecule has 1 heterocycles. The lowest BCUT2D eigenvalue weighted by Gasteiger charge is -2.18. The number of cyclic esters (lactones) is 1. The standard InChI is InChI=1S/C12H15NO2.C2H6/c1-9-5-3-4-6-11(9)7-13-10(2)8-15-12(13)14;1-2/h3-6,10H,7-8H2,1-2H3;1-2H3. The average Bonchev–Trinajstić information content (AvgIpc) is 2.66. The Morgan fingerprint density at radius 1 is 1.35 bits per heavy atom. The molecular weight excluding hydrogens is 214 g/mol. The maximum absolute atomic E-state index is 11.4. The van der Waals surface area contributed by atoms with Crippen LogP contribution in [0, 0.1) is 6.92 Å². The molecule has 0 bridgehead atoms. The van der Waals surface area contributed by atoms with Gasteiger partial charge in [-0.1, -0.05) is 38.1 Å². The lowest BCUT2D eigenvalue weighted by atomic mass is 10.1. The van der Waals surface area contributed by atoms with Crippen LogP contribution in [0.5, 0.6) is 0 Å². The molecule has 1 atom stereocenters. The molecule has 94 valence electrons. The predicted molar refractivity (Wildman–Crippen MR) is 68.9 cm³/mol. The fraction of sp³-hybridized carbons (Fsp3) is 0.500. The van der Waals surface area contributed by atoms with Crippen molar-refractivity contribution >= 4 is 6.09 Å². The third-order valence-corrected chi connectivity index (χ3v) is 2.82. The van der Waals surface area contributed by atoms with E-state index in [0.29, 0.717) is 13.2 Å². The van der Waals surface area contributed by atoms with Crippen molar-refractivity contribution in [3.8, 4) is 0 Å². The van der Waals surface area contributed by atoms with E-state index < -0.39 is 0 Å². The van der Waals surface area contributed by atoms with Crippen LogP contribution < -0.4 is 0 Å². The number of rotatable bonds is 2. The zero-order chi connectivity index (χ0) is 12.8. The first-order valence-electron chi connectivity index (χ1n) is 6.16. The van der Waals surface area contributed by atoms with E-state index in [4.69, 9.17) is 4.74 Å². The van der Waals surface area contributed by atoms with Gasteiger partial charge in [-0.15, -0.1) is 0 Å². The minimum atomic E-state index is -0.203. The highest BCUT2D eigenvalue weighted by atomic mass is 16.6. The molecule has 1 unspecified atom stereocenters.